The summed E-state index contributed by atoms with van der Waals surface area (Å²) in [6.45, 7) is 7.58. The average Bonchev–Trinajstić information content (AvgIpc) is 3.85. The zero-order valence-corrected chi connectivity index (χ0v) is 33.6. The maximum absolute atomic E-state index is 14.1. The molecule has 0 aromatic heterocycles. The largest absolute Gasteiger partial charge is 0.270 e. The average molecular weight is 813 g/mol. The standard InChI is InChI=1S/C44H36N4O8S2/c1-25-5-9-35(10-6-25)57(53,54)45-21-39-27(3)13-37-29-16-32(20-34(17-29)48(51)52)44-38(30-15-31(43(37)41(39)23-45)19-33(18-30)47(49)50)14-28(4)40-22-46(24-42(40)44)58(55,56)36-11-7-26(2)8-12-36/h5-20H,21-24H2,1-4H3. The van der Waals surface area contributed by atoms with Crippen LogP contribution in [0.15, 0.2) is 107 Å². The van der Waals surface area contributed by atoms with Crippen LogP contribution in [-0.2, 0) is 46.2 Å². The monoisotopic (exact) mass is 812 g/mol. The number of aryl methyl sites for hydroxylation is 4. The Balaban J connectivity index is 1.38. The normalized spacial score (nSPS) is 14.7. The third kappa shape index (κ3) is 5.94. The van der Waals surface area contributed by atoms with E-state index in [9.17, 15) is 37.1 Å². The number of nitro benzene ring substituents is 2. The lowest BCUT2D eigenvalue weighted by Crippen LogP contribution is -2.25. The van der Waals surface area contributed by atoms with E-state index in [1.54, 1.807) is 48.5 Å². The molecule has 4 bridgehead atoms. The highest BCUT2D eigenvalue weighted by Gasteiger charge is 2.35. The van der Waals surface area contributed by atoms with Crippen molar-refractivity contribution in [3.63, 3.8) is 0 Å². The fourth-order valence-electron chi connectivity index (χ4n) is 8.67. The summed E-state index contributed by atoms with van der Waals surface area (Å²) in [5, 5.41) is 29.4. The Kier molecular flexibility index (Phi) is 8.57. The maximum Gasteiger partial charge on any atom is 0.270 e. The van der Waals surface area contributed by atoms with Gasteiger partial charge >= 0.3 is 0 Å². The van der Waals surface area contributed by atoms with Crippen molar-refractivity contribution in [3.05, 3.63) is 162 Å². The number of rotatable bonds is 6. The Morgan fingerprint density at radius 3 is 1.14 bits per heavy atom. The summed E-state index contributed by atoms with van der Waals surface area (Å²) >= 11 is 0. The van der Waals surface area contributed by atoms with Gasteiger partial charge < -0.3 is 0 Å². The molecular weight excluding hydrogens is 777 g/mol. The molecule has 0 spiro atoms. The first-order chi connectivity index (χ1) is 27.5. The van der Waals surface area contributed by atoms with E-state index < -0.39 is 29.9 Å². The number of sulfonamides is 2. The molecule has 2 heterocycles. The van der Waals surface area contributed by atoms with Gasteiger partial charge in [0.1, 0.15) is 0 Å². The molecule has 0 saturated carbocycles. The minimum atomic E-state index is -3.96. The smallest absolute Gasteiger partial charge is 0.258 e. The van der Waals surface area contributed by atoms with Crippen molar-refractivity contribution in [3.8, 4) is 0 Å². The zero-order valence-electron chi connectivity index (χ0n) is 31.9. The van der Waals surface area contributed by atoms with Crippen LogP contribution in [-0.4, -0.2) is 35.3 Å². The third-order valence-corrected chi connectivity index (χ3v) is 15.3. The van der Waals surface area contributed by atoms with Gasteiger partial charge in [0, 0.05) is 50.4 Å². The van der Waals surface area contributed by atoms with Gasteiger partial charge in [-0.1, -0.05) is 47.5 Å². The molecular formula is C44H36N4O8S2. The molecule has 12 nitrogen and oxygen atoms in total. The van der Waals surface area contributed by atoms with Crippen LogP contribution in [0.3, 0.4) is 0 Å². The molecule has 9 rings (SSSR count). The second kappa shape index (κ2) is 13.2. The number of fused-ring (bicyclic) bond motifs is 14. The molecule has 58 heavy (non-hydrogen) atoms. The molecule has 0 saturated heterocycles. The maximum atomic E-state index is 14.1. The molecule has 7 aromatic rings. The lowest BCUT2D eigenvalue weighted by atomic mass is 9.89. The first-order valence-corrected chi connectivity index (χ1v) is 21.4. The van der Waals surface area contributed by atoms with Crippen LogP contribution in [0, 0.1) is 47.9 Å². The molecule has 0 atom stereocenters. The lowest BCUT2D eigenvalue weighted by molar-refractivity contribution is -0.384. The van der Waals surface area contributed by atoms with Crippen LogP contribution in [0.5, 0.6) is 0 Å². The van der Waals surface area contributed by atoms with Crippen molar-refractivity contribution in [2.45, 2.75) is 63.7 Å². The third-order valence-electron chi connectivity index (χ3n) is 11.7. The lowest BCUT2D eigenvalue weighted by Gasteiger charge is -2.16. The van der Waals surface area contributed by atoms with E-state index in [0.717, 1.165) is 33.4 Å². The Morgan fingerprint density at radius 1 is 0.466 bits per heavy atom. The molecule has 0 aliphatic carbocycles. The summed E-state index contributed by atoms with van der Waals surface area (Å²) < 4.78 is 59.0. The minimum absolute atomic E-state index is 0.0239. The van der Waals surface area contributed by atoms with Crippen molar-refractivity contribution in [1.29, 1.82) is 0 Å². The highest BCUT2D eigenvalue weighted by Crippen LogP contribution is 2.44. The Hall–Kier alpha value is -6.06. The molecule has 7 aromatic carbocycles. The van der Waals surface area contributed by atoms with Gasteiger partial charge in [-0.15, -0.1) is 0 Å². The van der Waals surface area contributed by atoms with Crippen LogP contribution in [0.25, 0.3) is 43.1 Å². The van der Waals surface area contributed by atoms with Gasteiger partial charge in [0.05, 0.1) is 19.6 Å². The summed E-state index contributed by atoms with van der Waals surface area (Å²) in [6, 6.07) is 26.5. The van der Waals surface area contributed by atoms with Crippen molar-refractivity contribution in [2.75, 3.05) is 0 Å². The van der Waals surface area contributed by atoms with Crippen LogP contribution in [0.1, 0.15) is 44.5 Å². The van der Waals surface area contributed by atoms with Gasteiger partial charge in [0.2, 0.25) is 20.0 Å². The van der Waals surface area contributed by atoms with Crippen molar-refractivity contribution in [2.24, 2.45) is 0 Å². The molecule has 14 heteroatoms. The van der Waals surface area contributed by atoms with Gasteiger partial charge in [-0.2, -0.15) is 8.61 Å². The highest BCUT2D eigenvalue weighted by atomic mass is 32.2. The zero-order chi connectivity index (χ0) is 41.0. The van der Waals surface area contributed by atoms with Gasteiger partial charge in [-0.25, -0.2) is 16.8 Å². The Morgan fingerprint density at radius 2 is 0.793 bits per heavy atom. The number of nitro groups is 2. The van der Waals surface area contributed by atoms with E-state index in [2.05, 4.69) is 0 Å². The number of hydrogen-bond donors (Lipinski definition) is 0. The number of hydrogen-bond acceptors (Lipinski definition) is 8. The number of nitrogens with zero attached hydrogens (tertiary/aromatic N) is 4. The van der Waals surface area contributed by atoms with Crippen molar-refractivity contribution in [1.82, 2.24) is 8.61 Å². The van der Waals surface area contributed by atoms with Crippen LogP contribution in [0.4, 0.5) is 11.4 Å². The van der Waals surface area contributed by atoms with Crippen molar-refractivity contribution < 1.29 is 26.7 Å². The second-order valence-electron chi connectivity index (χ2n) is 15.4. The summed E-state index contributed by atoms with van der Waals surface area (Å²) in [5.74, 6) is 0. The summed E-state index contributed by atoms with van der Waals surface area (Å²) in [6.07, 6.45) is 0. The van der Waals surface area contributed by atoms with E-state index in [1.807, 2.05) is 52.0 Å². The van der Waals surface area contributed by atoms with E-state index in [-0.39, 0.29) is 47.3 Å². The molecule has 0 N–H and O–H groups in total. The number of non-ortho nitro benzene ring substituents is 2. The Labute approximate surface area is 334 Å². The Bertz CT molecular complexity index is 3040. The highest BCUT2D eigenvalue weighted by molar-refractivity contribution is 7.89. The van der Waals surface area contributed by atoms with Gasteiger partial charge in [0.25, 0.3) is 11.4 Å². The molecule has 292 valence electrons. The predicted molar refractivity (Wildman–Crippen MR) is 223 cm³/mol. The van der Waals surface area contributed by atoms with Gasteiger partial charge in [-0.3, -0.25) is 20.2 Å². The summed E-state index contributed by atoms with van der Waals surface area (Å²) in [7, 11) is -7.91. The summed E-state index contributed by atoms with van der Waals surface area (Å²) in [4.78, 5) is 24.7. The van der Waals surface area contributed by atoms with Gasteiger partial charge in [0.15, 0.2) is 0 Å². The van der Waals surface area contributed by atoms with E-state index in [1.165, 1.54) is 32.9 Å². The second-order valence-corrected chi connectivity index (χ2v) is 19.2. The van der Waals surface area contributed by atoms with Crippen LogP contribution < -0.4 is 0 Å². The first kappa shape index (κ1) is 37.5. The van der Waals surface area contributed by atoms with E-state index in [4.69, 9.17) is 0 Å². The molecule has 0 fully saturated rings. The molecule has 0 amide bonds. The summed E-state index contributed by atoms with van der Waals surface area (Å²) in [5.41, 5.74) is 5.80. The SMILES string of the molecule is Cc1ccc(S(=O)(=O)N2Cc3c(C)cc4c5cc([N+](=O)[O-])cc(c5)c5c6c(c(C)cc5c5cc([N+](=O)[O-])cc(c5)c4c3C2)CN(S(=O)(=O)c2ccc(C)cc2)C6)cc1. The van der Waals surface area contributed by atoms with Crippen LogP contribution in [0.2, 0.25) is 0 Å². The van der Waals surface area contributed by atoms with E-state index >= 15 is 0 Å². The van der Waals surface area contributed by atoms with Gasteiger partial charge in [-0.05, 0) is 141 Å². The molecule has 0 unspecified atom stereocenters. The minimum Gasteiger partial charge on any atom is -0.258 e. The fraction of sp³-hybridized carbons (Fsp3) is 0.182. The van der Waals surface area contributed by atoms with Crippen molar-refractivity contribution >= 4 is 74.5 Å². The number of benzene rings is 6. The van der Waals surface area contributed by atoms with Crippen LogP contribution >= 0.6 is 0 Å². The molecule has 2 aliphatic rings. The topological polar surface area (TPSA) is 161 Å². The predicted octanol–water partition coefficient (Wildman–Crippen LogP) is 9.32. The quantitative estimate of drug-likeness (QED) is 0.119. The molecule has 0 radical (unpaired) electrons. The first-order valence-electron chi connectivity index (χ1n) is 18.6. The molecule has 2 aliphatic heterocycles. The fourth-order valence-corrected chi connectivity index (χ4v) is 11.4. The van der Waals surface area contributed by atoms with E-state index in [0.29, 0.717) is 54.2 Å².